The highest BCUT2D eigenvalue weighted by molar-refractivity contribution is 5.95. The number of fused-ring (bicyclic) bond motifs is 1. The van der Waals surface area contributed by atoms with Gasteiger partial charge in [0.05, 0.1) is 6.54 Å². The zero-order valence-corrected chi connectivity index (χ0v) is 8.32. The molecule has 0 aromatic heterocycles. The van der Waals surface area contributed by atoms with Gasteiger partial charge in [-0.1, -0.05) is 6.92 Å². The van der Waals surface area contributed by atoms with Gasteiger partial charge in [-0.15, -0.1) is 0 Å². The summed E-state index contributed by atoms with van der Waals surface area (Å²) in [6.07, 6.45) is 0. The van der Waals surface area contributed by atoms with Crippen LogP contribution in [0.15, 0.2) is 0 Å². The summed E-state index contributed by atoms with van der Waals surface area (Å²) >= 11 is 0. The third-order valence-electron chi connectivity index (χ3n) is 2.95. The van der Waals surface area contributed by atoms with Gasteiger partial charge in [-0.2, -0.15) is 0 Å². The van der Waals surface area contributed by atoms with Crippen molar-refractivity contribution in [3.05, 3.63) is 0 Å². The topological polar surface area (TPSA) is 52.6 Å². The Morgan fingerprint density at radius 1 is 1.43 bits per heavy atom. The molecule has 78 valence electrons. The largest absolute Gasteiger partial charge is 0.345 e. The summed E-state index contributed by atoms with van der Waals surface area (Å²) in [6.45, 7) is 5.41. The van der Waals surface area contributed by atoms with Gasteiger partial charge in [0.25, 0.3) is 0 Å². The van der Waals surface area contributed by atoms with Gasteiger partial charge < -0.3 is 10.2 Å². The first-order valence-corrected chi connectivity index (χ1v) is 5.02. The van der Waals surface area contributed by atoms with E-state index in [2.05, 4.69) is 17.1 Å². The summed E-state index contributed by atoms with van der Waals surface area (Å²) in [7, 11) is 0. The van der Waals surface area contributed by atoms with Crippen LogP contribution in [-0.2, 0) is 9.59 Å². The Labute approximate surface area is 83.0 Å². The molecule has 1 atom stereocenters. The number of hydrogen-bond donors (Lipinski definition) is 1. The number of nitrogens with zero attached hydrogens (tertiary/aromatic N) is 2. The molecule has 2 aliphatic heterocycles. The number of piperazine rings is 2. The van der Waals surface area contributed by atoms with Crippen LogP contribution in [0.1, 0.15) is 6.92 Å². The lowest BCUT2D eigenvalue weighted by atomic mass is 10.1. The summed E-state index contributed by atoms with van der Waals surface area (Å²) in [5, 5.41) is 2.62. The Hall–Kier alpha value is -1.10. The smallest absolute Gasteiger partial charge is 0.244 e. The van der Waals surface area contributed by atoms with E-state index in [1.807, 2.05) is 0 Å². The third-order valence-corrected chi connectivity index (χ3v) is 2.95. The molecule has 14 heavy (non-hydrogen) atoms. The molecule has 5 heteroatoms. The molecule has 0 spiro atoms. The van der Waals surface area contributed by atoms with Crippen molar-refractivity contribution in [3.63, 3.8) is 0 Å². The van der Waals surface area contributed by atoms with Crippen LogP contribution >= 0.6 is 0 Å². The molecule has 2 saturated heterocycles. The minimum atomic E-state index is -0.259. The zero-order chi connectivity index (χ0) is 10.1. The molecule has 2 rings (SSSR count). The van der Waals surface area contributed by atoms with Gasteiger partial charge in [0, 0.05) is 19.6 Å². The second-order valence-corrected chi connectivity index (χ2v) is 3.71. The maximum absolute atomic E-state index is 11.5. The van der Waals surface area contributed by atoms with E-state index in [4.69, 9.17) is 0 Å². The van der Waals surface area contributed by atoms with Gasteiger partial charge in [0.2, 0.25) is 11.8 Å². The Morgan fingerprint density at radius 2 is 2.21 bits per heavy atom. The van der Waals surface area contributed by atoms with Crippen LogP contribution in [0.4, 0.5) is 0 Å². The first kappa shape index (κ1) is 9.45. The van der Waals surface area contributed by atoms with E-state index in [1.54, 1.807) is 4.90 Å². The molecular weight excluding hydrogens is 182 g/mol. The standard InChI is InChI=1S/C9H15N3O2/c1-2-11-3-4-12-7(6-11)9(14)10-5-8(12)13/h7H,2-6H2,1H3,(H,10,14). The van der Waals surface area contributed by atoms with Gasteiger partial charge in [0.1, 0.15) is 6.04 Å². The molecule has 0 aromatic rings. The fourth-order valence-corrected chi connectivity index (χ4v) is 2.03. The van der Waals surface area contributed by atoms with Crippen molar-refractivity contribution in [1.29, 1.82) is 0 Å². The maximum atomic E-state index is 11.5. The van der Waals surface area contributed by atoms with Crippen LogP contribution in [0.5, 0.6) is 0 Å². The van der Waals surface area contributed by atoms with Crippen LogP contribution in [0.2, 0.25) is 0 Å². The summed E-state index contributed by atoms with van der Waals surface area (Å²) < 4.78 is 0. The SMILES string of the molecule is CCN1CCN2C(=O)CNC(=O)C2C1. The number of amides is 2. The summed E-state index contributed by atoms with van der Waals surface area (Å²) in [5.74, 6) is 0.0353. The van der Waals surface area contributed by atoms with Gasteiger partial charge in [-0.3, -0.25) is 14.5 Å². The number of rotatable bonds is 1. The van der Waals surface area contributed by atoms with Crippen LogP contribution in [0.3, 0.4) is 0 Å². The van der Waals surface area contributed by atoms with Crippen LogP contribution < -0.4 is 5.32 Å². The fraction of sp³-hybridized carbons (Fsp3) is 0.778. The molecule has 0 aromatic carbocycles. The van der Waals surface area contributed by atoms with E-state index in [0.717, 1.165) is 13.1 Å². The Bertz CT molecular complexity index is 267. The molecule has 0 radical (unpaired) electrons. The number of nitrogens with one attached hydrogen (secondary N) is 1. The van der Waals surface area contributed by atoms with Crippen LogP contribution in [-0.4, -0.2) is 60.4 Å². The number of carbonyl (C=O) groups excluding carboxylic acids is 2. The summed E-state index contributed by atoms with van der Waals surface area (Å²) in [5.41, 5.74) is 0. The Balaban J connectivity index is 2.10. The number of hydrogen-bond acceptors (Lipinski definition) is 3. The van der Waals surface area contributed by atoms with Crippen LogP contribution in [0.25, 0.3) is 0 Å². The van der Waals surface area contributed by atoms with Crippen molar-refractivity contribution in [2.45, 2.75) is 13.0 Å². The van der Waals surface area contributed by atoms with Gasteiger partial charge in [-0.05, 0) is 6.54 Å². The van der Waals surface area contributed by atoms with E-state index >= 15 is 0 Å². The number of carbonyl (C=O) groups is 2. The minimum absolute atomic E-state index is 0.0113. The first-order valence-electron chi connectivity index (χ1n) is 5.02. The van der Waals surface area contributed by atoms with Crippen molar-refractivity contribution in [1.82, 2.24) is 15.1 Å². The van der Waals surface area contributed by atoms with Gasteiger partial charge in [-0.25, -0.2) is 0 Å². The Morgan fingerprint density at radius 3 is 2.93 bits per heavy atom. The van der Waals surface area contributed by atoms with Crippen molar-refractivity contribution < 1.29 is 9.59 Å². The molecule has 2 fully saturated rings. The van der Waals surface area contributed by atoms with Crippen molar-refractivity contribution >= 4 is 11.8 Å². The molecule has 0 aliphatic carbocycles. The van der Waals surface area contributed by atoms with E-state index < -0.39 is 0 Å². The average Bonchev–Trinajstić information content (AvgIpc) is 2.23. The molecule has 2 aliphatic rings. The second kappa shape index (κ2) is 3.57. The second-order valence-electron chi connectivity index (χ2n) is 3.71. The predicted molar refractivity (Wildman–Crippen MR) is 50.6 cm³/mol. The Kier molecular flexibility index (Phi) is 2.41. The highest BCUT2D eigenvalue weighted by Crippen LogP contribution is 2.12. The summed E-state index contributed by atoms with van der Waals surface area (Å²) in [6, 6.07) is -0.259. The monoisotopic (exact) mass is 197 g/mol. The molecule has 2 amide bonds. The summed E-state index contributed by atoms with van der Waals surface area (Å²) in [4.78, 5) is 26.9. The molecule has 1 N–H and O–H groups in total. The van der Waals surface area contributed by atoms with E-state index in [-0.39, 0.29) is 24.4 Å². The lowest BCUT2D eigenvalue weighted by Gasteiger charge is -2.42. The highest BCUT2D eigenvalue weighted by atomic mass is 16.2. The molecule has 5 nitrogen and oxygen atoms in total. The van der Waals surface area contributed by atoms with Crippen LogP contribution in [0, 0.1) is 0 Å². The van der Waals surface area contributed by atoms with E-state index in [1.165, 1.54) is 0 Å². The van der Waals surface area contributed by atoms with Gasteiger partial charge >= 0.3 is 0 Å². The van der Waals surface area contributed by atoms with E-state index in [0.29, 0.717) is 13.1 Å². The molecule has 2 heterocycles. The average molecular weight is 197 g/mol. The normalized spacial score (nSPS) is 28.6. The molecule has 0 bridgehead atoms. The number of likely N-dealkylation sites (N-methyl/N-ethyl adjacent to an activating group) is 1. The van der Waals surface area contributed by atoms with E-state index in [9.17, 15) is 9.59 Å². The highest BCUT2D eigenvalue weighted by Gasteiger charge is 2.37. The third kappa shape index (κ3) is 1.48. The first-order chi connectivity index (χ1) is 6.72. The molecule has 1 unspecified atom stereocenters. The fourth-order valence-electron chi connectivity index (χ4n) is 2.03. The molecular formula is C9H15N3O2. The van der Waals surface area contributed by atoms with Gasteiger partial charge in [0.15, 0.2) is 0 Å². The van der Waals surface area contributed by atoms with Crippen molar-refractivity contribution in [2.75, 3.05) is 32.7 Å². The predicted octanol–water partition coefficient (Wildman–Crippen LogP) is -1.35. The molecule has 0 saturated carbocycles. The zero-order valence-electron chi connectivity index (χ0n) is 8.32. The van der Waals surface area contributed by atoms with Crippen molar-refractivity contribution in [3.8, 4) is 0 Å². The lowest BCUT2D eigenvalue weighted by molar-refractivity contribution is -0.149. The maximum Gasteiger partial charge on any atom is 0.244 e. The minimum Gasteiger partial charge on any atom is -0.345 e. The van der Waals surface area contributed by atoms with Crippen molar-refractivity contribution in [2.24, 2.45) is 0 Å². The lowest BCUT2D eigenvalue weighted by Crippen LogP contribution is -2.65. The quantitative estimate of drug-likeness (QED) is 0.565.